The lowest BCUT2D eigenvalue weighted by molar-refractivity contribution is -0.250. The summed E-state index contributed by atoms with van der Waals surface area (Å²) in [5.74, 6) is -0.532. The van der Waals surface area contributed by atoms with Crippen LogP contribution in [-0.2, 0) is 14.3 Å². The van der Waals surface area contributed by atoms with Crippen LogP contribution in [0.4, 0.5) is 0 Å². The molecule has 1 fully saturated rings. The first-order chi connectivity index (χ1) is 6.54. The Morgan fingerprint density at radius 3 is 2.71 bits per heavy atom. The van der Waals surface area contributed by atoms with Gasteiger partial charge in [0.25, 0.3) is 0 Å². The summed E-state index contributed by atoms with van der Waals surface area (Å²) in [4.78, 5) is 10.6. The molecule has 6 heteroatoms. The number of ether oxygens (including phenoxy) is 2. The van der Waals surface area contributed by atoms with E-state index in [1.807, 2.05) is 0 Å². The Morgan fingerprint density at radius 1 is 1.57 bits per heavy atom. The Balaban J connectivity index is 2.53. The topological polar surface area (TPSA) is 96.2 Å². The van der Waals surface area contributed by atoms with Crippen molar-refractivity contribution < 1.29 is 29.6 Å². The van der Waals surface area contributed by atoms with E-state index in [2.05, 4.69) is 0 Å². The second-order valence-corrected chi connectivity index (χ2v) is 3.19. The van der Waals surface area contributed by atoms with Crippen LogP contribution in [0.2, 0.25) is 0 Å². The van der Waals surface area contributed by atoms with E-state index in [1.165, 1.54) is 6.92 Å². The van der Waals surface area contributed by atoms with Gasteiger partial charge in [-0.1, -0.05) is 0 Å². The standard InChI is InChI=1S/C8H14O6/c1-4(10)13-7-2-5(11)8(12)6(3-9)14-7/h5-9,11-12H,2-3H2,1H3. The quantitative estimate of drug-likeness (QED) is 0.470. The van der Waals surface area contributed by atoms with E-state index in [1.54, 1.807) is 0 Å². The predicted molar refractivity (Wildman–Crippen MR) is 44.1 cm³/mol. The largest absolute Gasteiger partial charge is 0.436 e. The van der Waals surface area contributed by atoms with E-state index in [9.17, 15) is 15.0 Å². The zero-order chi connectivity index (χ0) is 10.7. The predicted octanol–water partition coefficient (Wildman–Crippen LogP) is -1.62. The molecule has 1 rings (SSSR count). The monoisotopic (exact) mass is 206 g/mol. The molecule has 1 aliphatic heterocycles. The zero-order valence-electron chi connectivity index (χ0n) is 7.79. The summed E-state index contributed by atoms with van der Waals surface area (Å²) >= 11 is 0. The summed E-state index contributed by atoms with van der Waals surface area (Å²) in [5.41, 5.74) is 0. The number of aliphatic hydroxyl groups excluding tert-OH is 3. The second kappa shape index (κ2) is 4.70. The molecule has 82 valence electrons. The highest BCUT2D eigenvalue weighted by molar-refractivity contribution is 5.66. The van der Waals surface area contributed by atoms with Crippen LogP contribution in [0.25, 0.3) is 0 Å². The van der Waals surface area contributed by atoms with E-state index in [0.717, 1.165) is 0 Å². The van der Waals surface area contributed by atoms with Gasteiger partial charge in [-0.15, -0.1) is 0 Å². The fourth-order valence-electron chi connectivity index (χ4n) is 1.33. The third-order valence-electron chi connectivity index (χ3n) is 2.01. The third-order valence-corrected chi connectivity index (χ3v) is 2.01. The Morgan fingerprint density at radius 2 is 2.21 bits per heavy atom. The molecule has 0 aromatic rings. The van der Waals surface area contributed by atoms with Crippen LogP contribution >= 0.6 is 0 Å². The van der Waals surface area contributed by atoms with Crippen LogP contribution in [0.15, 0.2) is 0 Å². The van der Waals surface area contributed by atoms with E-state index in [-0.39, 0.29) is 6.42 Å². The second-order valence-electron chi connectivity index (χ2n) is 3.19. The first kappa shape index (κ1) is 11.4. The van der Waals surface area contributed by atoms with Gasteiger partial charge in [-0.05, 0) is 0 Å². The van der Waals surface area contributed by atoms with Gasteiger partial charge in [0.2, 0.25) is 6.29 Å². The first-order valence-electron chi connectivity index (χ1n) is 4.34. The Bertz CT molecular complexity index is 206. The molecule has 0 aromatic carbocycles. The molecule has 0 saturated carbocycles. The fraction of sp³-hybridized carbons (Fsp3) is 0.875. The molecule has 6 nitrogen and oxygen atoms in total. The highest BCUT2D eigenvalue weighted by Gasteiger charge is 2.37. The smallest absolute Gasteiger partial charge is 0.304 e. The molecule has 14 heavy (non-hydrogen) atoms. The maximum absolute atomic E-state index is 10.6. The van der Waals surface area contributed by atoms with E-state index >= 15 is 0 Å². The molecule has 0 amide bonds. The summed E-state index contributed by atoms with van der Waals surface area (Å²) in [5, 5.41) is 27.4. The summed E-state index contributed by atoms with van der Waals surface area (Å²) in [6.07, 6.45) is -4.00. The van der Waals surface area contributed by atoms with Crippen LogP contribution in [-0.4, -0.2) is 52.5 Å². The van der Waals surface area contributed by atoms with Crippen molar-refractivity contribution in [2.75, 3.05) is 6.61 Å². The lowest BCUT2D eigenvalue weighted by Gasteiger charge is -2.35. The third kappa shape index (κ3) is 2.65. The van der Waals surface area contributed by atoms with Crippen LogP contribution in [0.1, 0.15) is 13.3 Å². The maximum atomic E-state index is 10.6. The van der Waals surface area contributed by atoms with Gasteiger partial charge in [0.15, 0.2) is 0 Å². The molecule has 1 heterocycles. The molecule has 3 N–H and O–H groups in total. The average Bonchev–Trinajstić information content (AvgIpc) is 2.10. The molecule has 0 bridgehead atoms. The van der Waals surface area contributed by atoms with E-state index in [4.69, 9.17) is 14.6 Å². The summed E-state index contributed by atoms with van der Waals surface area (Å²) in [6.45, 7) is 0.782. The highest BCUT2D eigenvalue weighted by atomic mass is 16.7. The lowest BCUT2D eigenvalue weighted by Crippen LogP contribution is -2.50. The van der Waals surface area contributed by atoms with Crippen molar-refractivity contribution in [1.29, 1.82) is 0 Å². The van der Waals surface area contributed by atoms with Crippen molar-refractivity contribution in [3.8, 4) is 0 Å². The highest BCUT2D eigenvalue weighted by Crippen LogP contribution is 2.20. The number of hydrogen-bond donors (Lipinski definition) is 3. The minimum Gasteiger partial charge on any atom is -0.436 e. The Kier molecular flexibility index (Phi) is 3.82. The Hall–Kier alpha value is -0.690. The molecule has 0 radical (unpaired) electrons. The average molecular weight is 206 g/mol. The fourth-order valence-corrected chi connectivity index (χ4v) is 1.33. The van der Waals surface area contributed by atoms with Gasteiger partial charge in [-0.3, -0.25) is 4.79 Å². The number of carbonyl (C=O) groups excluding carboxylic acids is 1. The van der Waals surface area contributed by atoms with Gasteiger partial charge in [0.1, 0.15) is 12.2 Å². The van der Waals surface area contributed by atoms with Crippen molar-refractivity contribution in [2.24, 2.45) is 0 Å². The van der Waals surface area contributed by atoms with Crippen molar-refractivity contribution in [1.82, 2.24) is 0 Å². The number of carbonyl (C=O) groups is 1. The molecule has 4 unspecified atom stereocenters. The molecular weight excluding hydrogens is 192 g/mol. The van der Waals surface area contributed by atoms with Gasteiger partial charge in [0, 0.05) is 13.3 Å². The van der Waals surface area contributed by atoms with Gasteiger partial charge >= 0.3 is 5.97 Å². The first-order valence-corrected chi connectivity index (χ1v) is 4.34. The van der Waals surface area contributed by atoms with Crippen LogP contribution < -0.4 is 0 Å². The number of hydrogen-bond acceptors (Lipinski definition) is 6. The SMILES string of the molecule is CC(=O)OC1CC(O)C(O)C(CO)O1. The number of esters is 1. The van der Waals surface area contributed by atoms with Gasteiger partial charge < -0.3 is 24.8 Å². The van der Waals surface area contributed by atoms with Gasteiger partial charge in [-0.2, -0.15) is 0 Å². The van der Waals surface area contributed by atoms with Crippen molar-refractivity contribution in [2.45, 2.75) is 37.9 Å². The van der Waals surface area contributed by atoms with Crippen LogP contribution in [0.3, 0.4) is 0 Å². The molecule has 1 saturated heterocycles. The van der Waals surface area contributed by atoms with Gasteiger partial charge in [-0.25, -0.2) is 0 Å². The summed E-state index contributed by atoms with van der Waals surface area (Å²) in [6, 6.07) is 0. The van der Waals surface area contributed by atoms with Crippen molar-refractivity contribution >= 4 is 5.97 Å². The van der Waals surface area contributed by atoms with Crippen LogP contribution in [0.5, 0.6) is 0 Å². The van der Waals surface area contributed by atoms with Crippen molar-refractivity contribution in [3.63, 3.8) is 0 Å². The van der Waals surface area contributed by atoms with Gasteiger partial charge in [0.05, 0.1) is 12.7 Å². The minimum absolute atomic E-state index is 0.0112. The zero-order valence-corrected chi connectivity index (χ0v) is 7.79. The summed E-state index contributed by atoms with van der Waals surface area (Å²) < 4.78 is 9.72. The maximum Gasteiger partial charge on any atom is 0.304 e. The van der Waals surface area contributed by atoms with E-state index < -0.39 is 37.2 Å². The van der Waals surface area contributed by atoms with Crippen molar-refractivity contribution in [3.05, 3.63) is 0 Å². The molecule has 4 atom stereocenters. The Labute approximate surface area is 81.1 Å². The summed E-state index contributed by atoms with van der Waals surface area (Å²) in [7, 11) is 0. The van der Waals surface area contributed by atoms with E-state index in [0.29, 0.717) is 0 Å². The minimum atomic E-state index is -1.15. The normalized spacial score (nSPS) is 38.0. The lowest BCUT2D eigenvalue weighted by atomic mass is 10.0. The van der Waals surface area contributed by atoms with Crippen LogP contribution in [0, 0.1) is 0 Å². The number of rotatable bonds is 2. The molecular formula is C8H14O6. The molecule has 1 aliphatic rings. The molecule has 0 spiro atoms. The molecule has 0 aromatic heterocycles. The molecule has 0 aliphatic carbocycles. The number of aliphatic hydroxyl groups is 3.